The number of nitrogens with zero attached hydrogens (tertiary/aromatic N) is 2. The molecule has 198 valence electrons. The van der Waals surface area contributed by atoms with Gasteiger partial charge in [0.25, 0.3) is 5.91 Å². The SMILES string of the molecule is CNC1CCC(N(Cc2cc(OC)cc(-c3ccncc3)c2)C(=O)c2sc3c(F)ccc(F)c3c2Cl)CC1. The standard InChI is InChI=1S/C29H28ClF2N3O2S/c1-33-20-3-5-21(6-4-20)35(29(36)28-26(30)25-23(31)7-8-24(32)27(25)38-28)16-17-13-19(15-22(14-17)37-2)18-9-11-34-12-10-18/h7-15,20-21,33H,3-6,16H2,1-2H3. The summed E-state index contributed by atoms with van der Waals surface area (Å²) in [4.78, 5) is 20.1. The summed E-state index contributed by atoms with van der Waals surface area (Å²) in [7, 11) is 3.56. The first-order valence-electron chi connectivity index (χ1n) is 12.5. The number of ether oxygens (including phenoxy) is 1. The summed E-state index contributed by atoms with van der Waals surface area (Å²) >= 11 is 7.44. The fourth-order valence-corrected chi connectivity index (χ4v) is 6.69. The first kappa shape index (κ1) is 26.5. The Kier molecular flexibility index (Phi) is 7.93. The summed E-state index contributed by atoms with van der Waals surface area (Å²) in [5.41, 5.74) is 2.80. The molecule has 0 aliphatic heterocycles. The van der Waals surface area contributed by atoms with Gasteiger partial charge in [-0.1, -0.05) is 11.6 Å². The number of carbonyl (C=O) groups excluding carboxylic acids is 1. The summed E-state index contributed by atoms with van der Waals surface area (Å²) in [6.07, 6.45) is 6.93. The first-order chi connectivity index (χ1) is 18.4. The highest BCUT2D eigenvalue weighted by atomic mass is 35.5. The van der Waals surface area contributed by atoms with Crippen molar-refractivity contribution in [3.63, 3.8) is 0 Å². The van der Waals surface area contributed by atoms with Crippen molar-refractivity contribution in [2.45, 2.75) is 44.3 Å². The maximum atomic E-state index is 14.6. The summed E-state index contributed by atoms with van der Waals surface area (Å²) in [5, 5.41) is 3.25. The molecule has 2 heterocycles. The highest BCUT2D eigenvalue weighted by Gasteiger charge is 2.32. The van der Waals surface area contributed by atoms with Gasteiger partial charge in [0.05, 0.1) is 22.2 Å². The van der Waals surface area contributed by atoms with Crippen LogP contribution in [0.4, 0.5) is 8.78 Å². The van der Waals surface area contributed by atoms with E-state index in [1.165, 1.54) is 0 Å². The van der Waals surface area contributed by atoms with Crippen LogP contribution < -0.4 is 10.1 Å². The van der Waals surface area contributed by atoms with Gasteiger partial charge in [0.1, 0.15) is 22.3 Å². The lowest BCUT2D eigenvalue weighted by Gasteiger charge is -2.37. The lowest BCUT2D eigenvalue weighted by molar-refractivity contribution is 0.0606. The van der Waals surface area contributed by atoms with Gasteiger partial charge in [-0.25, -0.2) is 8.78 Å². The zero-order chi connectivity index (χ0) is 26.8. The van der Waals surface area contributed by atoms with Gasteiger partial charge in [0.2, 0.25) is 0 Å². The number of benzene rings is 2. The van der Waals surface area contributed by atoms with Gasteiger partial charge in [-0.3, -0.25) is 9.78 Å². The Bertz CT molecular complexity index is 1460. The van der Waals surface area contributed by atoms with Crippen LogP contribution >= 0.6 is 22.9 Å². The van der Waals surface area contributed by atoms with Crippen LogP contribution in [0.1, 0.15) is 40.9 Å². The number of pyridine rings is 1. The molecular weight excluding hydrogens is 528 g/mol. The quantitative estimate of drug-likeness (QED) is 0.265. The third-order valence-corrected chi connectivity index (χ3v) is 8.93. The van der Waals surface area contributed by atoms with Gasteiger partial charge in [-0.2, -0.15) is 0 Å². The summed E-state index contributed by atoms with van der Waals surface area (Å²) in [6.45, 7) is 0.304. The maximum Gasteiger partial charge on any atom is 0.266 e. The molecular formula is C29H28ClF2N3O2S. The molecule has 1 aliphatic carbocycles. The van der Waals surface area contributed by atoms with E-state index in [1.807, 2.05) is 42.3 Å². The summed E-state index contributed by atoms with van der Waals surface area (Å²) in [5.74, 6) is -0.887. The molecule has 1 fully saturated rings. The van der Waals surface area contributed by atoms with Crippen LogP contribution in [0.3, 0.4) is 0 Å². The van der Waals surface area contributed by atoms with Crippen molar-refractivity contribution in [1.29, 1.82) is 0 Å². The Balaban J connectivity index is 1.55. The number of halogens is 3. The van der Waals surface area contributed by atoms with Gasteiger partial charge in [-0.15, -0.1) is 11.3 Å². The second-order valence-electron chi connectivity index (χ2n) is 9.51. The molecule has 0 spiro atoms. The van der Waals surface area contributed by atoms with E-state index in [9.17, 15) is 13.6 Å². The average Bonchev–Trinajstić information content (AvgIpc) is 3.32. The van der Waals surface area contributed by atoms with Crippen molar-refractivity contribution in [3.05, 3.63) is 82.0 Å². The molecule has 4 aromatic rings. The smallest absolute Gasteiger partial charge is 0.266 e. The minimum Gasteiger partial charge on any atom is -0.497 e. The number of hydrogen-bond donors (Lipinski definition) is 1. The van der Waals surface area contributed by atoms with Crippen LogP contribution in [0.15, 0.2) is 54.9 Å². The molecule has 2 aromatic heterocycles. The number of nitrogens with one attached hydrogen (secondary N) is 1. The van der Waals surface area contributed by atoms with Gasteiger partial charge in [-0.05, 0) is 91.9 Å². The van der Waals surface area contributed by atoms with E-state index < -0.39 is 11.6 Å². The van der Waals surface area contributed by atoms with Gasteiger partial charge in [0, 0.05) is 31.0 Å². The van der Waals surface area contributed by atoms with Crippen LogP contribution in [0.2, 0.25) is 5.02 Å². The van der Waals surface area contributed by atoms with Crippen LogP contribution in [0, 0.1) is 11.6 Å². The van der Waals surface area contributed by atoms with Crippen molar-refractivity contribution >= 4 is 38.9 Å². The Morgan fingerprint density at radius 2 is 1.79 bits per heavy atom. The topological polar surface area (TPSA) is 54.5 Å². The Labute approximate surface area is 229 Å². The van der Waals surface area contributed by atoms with E-state index in [1.54, 1.807) is 19.5 Å². The monoisotopic (exact) mass is 555 g/mol. The van der Waals surface area contributed by atoms with E-state index in [4.69, 9.17) is 16.3 Å². The van der Waals surface area contributed by atoms with Crippen LogP contribution in [-0.2, 0) is 6.54 Å². The number of thiophene rings is 1. The fraction of sp³-hybridized carbons (Fsp3) is 0.310. The van der Waals surface area contributed by atoms with Crippen molar-refractivity contribution < 1.29 is 18.3 Å². The molecule has 1 amide bonds. The highest BCUT2D eigenvalue weighted by Crippen LogP contribution is 2.40. The third kappa shape index (κ3) is 5.25. The minimum absolute atomic E-state index is 0.0379. The van der Waals surface area contributed by atoms with Crippen LogP contribution in [0.5, 0.6) is 5.75 Å². The number of aromatic nitrogens is 1. The van der Waals surface area contributed by atoms with Gasteiger partial charge < -0.3 is 15.0 Å². The van der Waals surface area contributed by atoms with E-state index in [-0.39, 0.29) is 31.9 Å². The van der Waals surface area contributed by atoms with Gasteiger partial charge in [0.15, 0.2) is 0 Å². The molecule has 1 N–H and O–H groups in total. The average molecular weight is 556 g/mol. The zero-order valence-corrected chi connectivity index (χ0v) is 22.7. The molecule has 0 bridgehead atoms. The van der Waals surface area contributed by atoms with Crippen LogP contribution in [-0.4, -0.2) is 42.0 Å². The number of amides is 1. The fourth-order valence-electron chi connectivity index (χ4n) is 5.19. The maximum absolute atomic E-state index is 14.6. The van der Waals surface area contributed by atoms with Crippen molar-refractivity contribution in [2.75, 3.05) is 14.2 Å². The lowest BCUT2D eigenvalue weighted by Crippen LogP contribution is -2.44. The first-order valence-corrected chi connectivity index (χ1v) is 13.7. The normalized spacial score (nSPS) is 17.5. The molecule has 1 aliphatic rings. The van der Waals surface area contributed by atoms with Crippen molar-refractivity contribution in [1.82, 2.24) is 15.2 Å². The Morgan fingerprint density at radius 1 is 1.08 bits per heavy atom. The third-order valence-electron chi connectivity index (χ3n) is 7.25. The van der Waals surface area contributed by atoms with E-state index in [0.717, 1.165) is 65.8 Å². The molecule has 5 rings (SSSR count). The minimum atomic E-state index is -0.641. The lowest BCUT2D eigenvalue weighted by atomic mass is 9.89. The Hall–Kier alpha value is -3.07. The number of methoxy groups -OCH3 is 1. The summed E-state index contributed by atoms with van der Waals surface area (Å²) in [6, 6.07) is 12.2. The number of hydrogen-bond acceptors (Lipinski definition) is 5. The molecule has 0 saturated heterocycles. The Morgan fingerprint density at radius 3 is 2.45 bits per heavy atom. The summed E-state index contributed by atoms with van der Waals surface area (Å²) < 4.78 is 34.7. The number of carbonyl (C=O) groups is 1. The molecule has 38 heavy (non-hydrogen) atoms. The molecule has 9 heteroatoms. The number of rotatable bonds is 7. The molecule has 0 unspecified atom stereocenters. The predicted octanol–water partition coefficient (Wildman–Crippen LogP) is 7.08. The van der Waals surface area contributed by atoms with E-state index in [0.29, 0.717) is 18.3 Å². The van der Waals surface area contributed by atoms with Crippen molar-refractivity contribution in [3.8, 4) is 16.9 Å². The molecule has 5 nitrogen and oxygen atoms in total. The molecule has 1 saturated carbocycles. The zero-order valence-electron chi connectivity index (χ0n) is 21.1. The van der Waals surface area contributed by atoms with Gasteiger partial charge >= 0.3 is 0 Å². The predicted molar refractivity (Wildman–Crippen MR) is 148 cm³/mol. The molecule has 0 radical (unpaired) electrons. The molecule has 0 atom stereocenters. The van der Waals surface area contributed by atoms with Crippen molar-refractivity contribution in [2.24, 2.45) is 0 Å². The van der Waals surface area contributed by atoms with E-state index in [2.05, 4.69) is 10.3 Å². The van der Waals surface area contributed by atoms with E-state index >= 15 is 0 Å². The molecule has 2 aromatic carbocycles. The second-order valence-corrected chi connectivity index (χ2v) is 10.9. The largest absolute Gasteiger partial charge is 0.497 e. The second kappa shape index (κ2) is 11.4. The highest BCUT2D eigenvalue weighted by molar-refractivity contribution is 7.21. The van der Waals surface area contributed by atoms with Crippen LogP contribution in [0.25, 0.3) is 21.2 Å². The number of fused-ring (bicyclic) bond motifs is 1.